The van der Waals surface area contributed by atoms with Crippen LogP contribution in [0.3, 0.4) is 0 Å². The third-order valence-electron chi connectivity index (χ3n) is 6.22. The second-order valence-electron chi connectivity index (χ2n) is 8.02. The number of aryl methyl sites for hydroxylation is 1. The molecular weight excluding hydrogens is 262 g/mol. The van der Waals surface area contributed by atoms with Gasteiger partial charge in [0.1, 0.15) is 0 Å². The number of rotatable bonds is 5. The van der Waals surface area contributed by atoms with Gasteiger partial charge in [-0.2, -0.15) is 0 Å². The molecule has 1 aromatic rings. The molecule has 1 atom stereocenters. The van der Waals surface area contributed by atoms with E-state index in [4.69, 9.17) is 0 Å². The summed E-state index contributed by atoms with van der Waals surface area (Å²) < 4.78 is 1.89. The topological polar surface area (TPSA) is 50.9 Å². The lowest BCUT2D eigenvalue weighted by atomic mass is 9.48. The van der Waals surface area contributed by atoms with Gasteiger partial charge in [-0.15, -0.1) is 5.10 Å². The Morgan fingerprint density at radius 2 is 1.86 bits per heavy atom. The van der Waals surface area contributed by atoms with E-state index in [1.807, 2.05) is 4.68 Å². The van der Waals surface area contributed by atoms with Crippen LogP contribution in [0.1, 0.15) is 70.1 Å². The van der Waals surface area contributed by atoms with Gasteiger partial charge in [0.25, 0.3) is 0 Å². The molecule has 1 N–H and O–H groups in total. The Balaban J connectivity index is 1.51. The smallest absolute Gasteiger partial charge is 0.0978 e. The maximum absolute atomic E-state index is 10.8. The van der Waals surface area contributed by atoms with E-state index in [1.165, 1.54) is 38.5 Å². The Morgan fingerprint density at radius 3 is 2.43 bits per heavy atom. The molecule has 116 valence electrons. The fraction of sp³-hybridized carbons (Fsp3) is 0.882. The second kappa shape index (κ2) is 5.08. The van der Waals surface area contributed by atoms with Crippen molar-refractivity contribution in [3.05, 3.63) is 11.9 Å². The minimum atomic E-state index is -0.386. The highest BCUT2D eigenvalue weighted by molar-refractivity contribution is 5.06. The van der Waals surface area contributed by atoms with E-state index >= 15 is 0 Å². The Labute approximate surface area is 126 Å². The van der Waals surface area contributed by atoms with Gasteiger partial charge in [0.15, 0.2) is 0 Å². The highest BCUT2D eigenvalue weighted by Gasteiger charge is 2.51. The molecule has 4 nitrogen and oxygen atoms in total. The summed E-state index contributed by atoms with van der Waals surface area (Å²) >= 11 is 0. The maximum atomic E-state index is 10.8. The Morgan fingerprint density at radius 1 is 1.24 bits per heavy atom. The lowest BCUT2D eigenvalue weighted by molar-refractivity contribution is -0.0773. The summed E-state index contributed by atoms with van der Waals surface area (Å²) in [6, 6.07) is 0. The monoisotopic (exact) mass is 289 g/mol. The highest BCUT2D eigenvalue weighted by Crippen LogP contribution is 2.62. The van der Waals surface area contributed by atoms with E-state index in [1.54, 1.807) is 6.20 Å². The van der Waals surface area contributed by atoms with E-state index < -0.39 is 0 Å². The molecule has 4 fully saturated rings. The van der Waals surface area contributed by atoms with Crippen LogP contribution in [0.5, 0.6) is 0 Å². The summed E-state index contributed by atoms with van der Waals surface area (Å²) in [5.74, 6) is 2.84. The van der Waals surface area contributed by atoms with Crippen LogP contribution >= 0.6 is 0 Å². The first kappa shape index (κ1) is 13.7. The Hall–Kier alpha value is -0.900. The second-order valence-corrected chi connectivity index (χ2v) is 8.02. The summed E-state index contributed by atoms with van der Waals surface area (Å²) in [5, 5.41) is 18.9. The Kier molecular flexibility index (Phi) is 3.32. The molecular formula is C17H27N3O. The fourth-order valence-corrected chi connectivity index (χ4v) is 5.96. The van der Waals surface area contributed by atoms with E-state index in [9.17, 15) is 5.11 Å². The van der Waals surface area contributed by atoms with Crippen molar-refractivity contribution in [2.24, 2.45) is 23.2 Å². The van der Waals surface area contributed by atoms with E-state index in [-0.39, 0.29) is 6.10 Å². The lowest BCUT2D eigenvalue weighted by Gasteiger charge is -2.57. The standard InChI is InChI=1S/C17H27N3O/c1-2-3-20-15(11-18-19-20)16(21)10-17-7-12-4-13(8-17)6-14(5-12)9-17/h11-14,16,21H,2-10H2,1H3. The van der Waals surface area contributed by atoms with Gasteiger partial charge in [-0.05, 0) is 74.5 Å². The van der Waals surface area contributed by atoms with Crippen LogP contribution in [0, 0.1) is 23.2 Å². The molecule has 0 aliphatic heterocycles. The largest absolute Gasteiger partial charge is 0.387 e. The number of hydrogen-bond donors (Lipinski definition) is 1. The summed E-state index contributed by atoms with van der Waals surface area (Å²) in [7, 11) is 0. The molecule has 1 heterocycles. The molecule has 4 aliphatic rings. The molecule has 4 saturated carbocycles. The predicted octanol–water partition coefficient (Wildman–Crippen LogP) is 3.33. The van der Waals surface area contributed by atoms with Crippen molar-refractivity contribution in [2.75, 3.05) is 0 Å². The SMILES string of the molecule is CCCn1nncc1C(O)CC12CC3CC(CC(C3)C1)C2. The van der Waals surface area contributed by atoms with Crippen molar-refractivity contribution in [2.45, 2.75) is 70.9 Å². The van der Waals surface area contributed by atoms with Crippen molar-refractivity contribution in [1.29, 1.82) is 0 Å². The molecule has 1 unspecified atom stereocenters. The van der Waals surface area contributed by atoms with Crippen molar-refractivity contribution in [1.82, 2.24) is 15.0 Å². The van der Waals surface area contributed by atoms with E-state index in [0.29, 0.717) is 5.41 Å². The molecule has 4 aliphatic carbocycles. The molecule has 0 amide bonds. The van der Waals surface area contributed by atoms with Crippen molar-refractivity contribution >= 4 is 0 Å². The van der Waals surface area contributed by atoms with Gasteiger partial charge < -0.3 is 5.11 Å². The molecule has 0 saturated heterocycles. The predicted molar refractivity (Wildman–Crippen MR) is 80.5 cm³/mol. The number of hydrogen-bond acceptors (Lipinski definition) is 3. The minimum Gasteiger partial charge on any atom is -0.387 e. The zero-order chi connectivity index (χ0) is 14.4. The first-order chi connectivity index (χ1) is 10.2. The number of nitrogens with zero attached hydrogens (tertiary/aromatic N) is 3. The Bertz CT molecular complexity index is 475. The molecule has 4 heteroatoms. The summed E-state index contributed by atoms with van der Waals surface area (Å²) in [6.45, 7) is 2.99. The van der Waals surface area contributed by atoms with E-state index in [0.717, 1.165) is 42.8 Å². The highest BCUT2D eigenvalue weighted by atomic mass is 16.3. The minimum absolute atomic E-state index is 0.386. The normalized spacial score (nSPS) is 38.9. The molecule has 5 rings (SSSR count). The van der Waals surface area contributed by atoms with Gasteiger partial charge in [0.2, 0.25) is 0 Å². The van der Waals surface area contributed by atoms with E-state index in [2.05, 4.69) is 17.2 Å². The summed E-state index contributed by atoms with van der Waals surface area (Å²) in [5.41, 5.74) is 1.34. The maximum Gasteiger partial charge on any atom is 0.0978 e. The first-order valence-corrected chi connectivity index (χ1v) is 8.74. The van der Waals surface area contributed by atoms with Crippen LogP contribution in [0.4, 0.5) is 0 Å². The molecule has 0 spiro atoms. The van der Waals surface area contributed by atoms with Gasteiger partial charge in [-0.1, -0.05) is 12.1 Å². The number of aromatic nitrogens is 3. The molecule has 21 heavy (non-hydrogen) atoms. The summed E-state index contributed by atoms with van der Waals surface area (Å²) in [4.78, 5) is 0. The van der Waals surface area contributed by atoms with Crippen LogP contribution in [0.2, 0.25) is 0 Å². The van der Waals surface area contributed by atoms with Gasteiger partial charge in [0.05, 0.1) is 18.0 Å². The van der Waals surface area contributed by atoms with Crippen LogP contribution in [0.25, 0.3) is 0 Å². The number of aliphatic hydroxyl groups is 1. The molecule has 1 aromatic heterocycles. The fourth-order valence-electron chi connectivity index (χ4n) is 5.96. The zero-order valence-corrected chi connectivity index (χ0v) is 13.0. The third-order valence-corrected chi connectivity index (χ3v) is 6.22. The molecule has 4 bridgehead atoms. The van der Waals surface area contributed by atoms with Gasteiger partial charge in [0, 0.05) is 6.54 Å². The zero-order valence-electron chi connectivity index (χ0n) is 13.0. The third kappa shape index (κ3) is 2.41. The number of aliphatic hydroxyl groups excluding tert-OH is 1. The van der Waals surface area contributed by atoms with Gasteiger partial charge in [-0.25, -0.2) is 4.68 Å². The van der Waals surface area contributed by atoms with Crippen LogP contribution in [-0.4, -0.2) is 20.1 Å². The van der Waals surface area contributed by atoms with Crippen LogP contribution < -0.4 is 0 Å². The summed E-state index contributed by atoms with van der Waals surface area (Å²) in [6.07, 6.45) is 11.8. The van der Waals surface area contributed by atoms with Gasteiger partial charge >= 0.3 is 0 Å². The molecule has 0 radical (unpaired) electrons. The molecule has 0 aromatic carbocycles. The van der Waals surface area contributed by atoms with Crippen molar-refractivity contribution in [3.63, 3.8) is 0 Å². The average molecular weight is 289 g/mol. The van der Waals surface area contributed by atoms with Crippen molar-refractivity contribution < 1.29 is 5.11 Å². The lowest BCUT2D eigenvalue weighted by Crippen LogP contribution is -2.46. The van der Waals surface area contributed by atoms with Crippen molar-refractivity contribution in [3.8, 4) is 0 Å². The quantitative estimate of drug-likeness (QED) is 0.904. The average Bonchev–Trinajstić information content (AvgIpc) is 2.85. The van der Waals surface area contributed by atoms with Crippen LogP contribution in [-0.2, 0) is 6.54 Å². The van der Waals surface area contributed by atoms with Gasteiger partial charge in [-0.3, -0.25) is 0 Å². The first-order valence-electron chi connectivity index (χ1n) is 8.74. The van der Waals surface area contributed by atoms with Crippen LogP contribution in [0.15, 0.2) is 6.20 Å².